The molecule has 0 bridgehead atoms. The van der Waals surface area contributed by atoms with E-state index in [-0.39, 0.29) is 18.2 Å². The van der Waals surface area contributed by atoms with Crippen LogP contribution in [0.2, 0.25) is 0 Å². The summed E-state index contributed by atoms with van der Waals surface area (Å²) in [6.45, 7) is 6.51. The van der Waals surface area contributed by atoms with Gasteiger partial charge in [-0.1, -0.05) is 20.8 Å². The number of likely N-dealkylation sites (tertiary alicyclic amines) is 1. The van der Waals surface area contributed by atoms with Gasteiger partial charge in [0.25, 0.3) is 0 Å². The van der Waals surface area contributed by atoms with Gasteiger partial charge in [0.05, 0.1) is 11.5 Å². The topological polar surface area (TPSA) is 77.8 Å². The van der Waals surface area contributed by atoms with E-state index in [0.29, 0.717) is 25.9 Å². The number of piperidine rings is 1. The lowest BCUT2D eigenvalue weighted by Gasteiger charge is -2.36. The third-order valence-corrected chi connectivity index (χ3v) is 4.57. The zero-order chi connectivity index (χ0) is 14.6. The highest BCUT2D eigenvalue weighted by Gasteiger charge is 2.39. The summed E-state index contributed by atoms with van der Waals surface area (Å²) in [5, 5.41) is 19.2. The van der Waals surface area contributed by atoms with Crippen LogP contribution in [0, 0.1) is 11.3 Å². The second kappa shape index (κ2) is 6.37. The van der Waals surface area contributed by atoms with Crippen LogP contribution in [0.4, 0.5) is 0 Å². The van der Waals surface area contributed by atoms with Gasteiger partial charge in [0, 0.05) is 19.5 Å². The van der Waals surface area contributed by atoms with E-state index in [4.69, 9.17) is 0 Å². The van der Waals surface area contributed by atoms with Crippen molar-refractivity contribution in [2.24, 2.45) is 11.3 Å². The van der Waals surface area contributed by atoms with Crippen molar-refractivity contribution in [3.05, 3.63) is 0 Å². The van der Waals surface area contributed by atoms with Crippen LogP contribution in [-0.2, 0) is 9.59 Å². The van der Waals surface area contributed by atoms with Crippen molar-refractivity contribution < 1.29 is 19.8 Å². The lowest BCUT2D eigenvalue weighted by Crippen LogP contribution is -2.48. The molecule has 0 aromatic rings. The SMILES string of the molecule is CCC(CC)(CC(=O)N1CCC(C)C(O)C1)C(=O)O. The van der Waals surface area contributed by atoms with Crippen molar-refractivity contribution in [2.75, 3.05) is 13.1 Å². The van der Waals surface area contributed by atoms with Gasteiger partial charge in [-0.05, 0) is 25.2 Å². The van der Waals surface area contributed by atoms with Crippen LogP contribution >= 0.6 is 0 Å². The lowest BCUT2D eigenvalue weighted by atomic mass is 9.78. The first-order valence-corrected chi connectivity index (χ1v) is 7.05. The van der Waals surface area contributed by atoms with E-state index in [1.807, 2.05) is 6.92 Å². The molecule has 0 spiro atoms. The number of amides is 1. The number of aliphatic carboxylic acids is 1. The van der Waals surface area contributed by atoms with Gasteiger partial charge < -0.3 is 15.1 Å². The van der Waals surface area contributed by atoms with Crippen molar-refractivity contribution in [1.29, 1.82) is 0 Å². The van der Waals surface area contributed by atoms with Crippen molar-refractivity contribution in [3.8, 4) is 0 Å². The highest BCUT2D eigenvalue weighted by Crippen LogP contribution is 2.32. The summed E-state index contributed by atoms with van der Waals surface area (Å²) in [5.74, 6) is -0.862. The van der Waals surface area contributed by atoms with Crippen LogP contribution in [0.15, 0.2) is 0 Å². The molecule has 0 aromatic carbocycles. The summed E-state index contributed by atoms with van der Waals surface area (Å²) < 4.78 is 0. The molecular weight excluding hydrogens is 246 g/mol. The Bertz CT molecular complexity index is 338. The fraction of sp³-hybridized carbons (Fsp3) is 0.857. The molecule has 2 atom stereocenters. The zero-order valence-corrected chi connectivity index (χ0v) is 12.1. The van der Waals surface area contributed by atoms with Crippen LogP contribution in [0.25, 0.3) is 0 Å². The van der Waals surface area contributed by atoms with Crippen molar-refractivity contribution in [2.45, 2.75) is 52.6 Å². The number of aliphatic hydroxyl groups excluding tert-OH is 1. The molecule has 1 saturated heterocycles. The summed E-state index contributed by atoms with van der Waals surface area (Å²) in [5.41, 5.74) is -0.967. The fourth-order valence-electron chi connectivity index (χ4n) is 2.55. The van der Waals surface area contributed by atoms with Gasteiger partial charge in [-0.25, -0.2) is 0 Å². The van der Waals surface area contributed by atoms with E-state index in [1.54, 1.807) is 18.7 Å². The average Bonchev–Trinajstić information content (AvgIpc) is 2.38. The van der Waals surface area contributed by atoms with E-state index >= 15 is 0 Å². The first-order valence-electron chi connectivity index (χ1n) is 7.05. The minimum atomic E-state index is -0.967. The molecule has 0 radical (unpaired) electrons. The summed E-state index contributed by atoms with van der Waals surface area (Å²) in [4.78, 5) is 25.2. The number of hydrogen-bond donors (Lipinski definition) is 2. The van der Waals surface area contributed by atoms with Crippen LogP contribution in [0.3, 0.4) is 0 Å². The number of β-amino-alcohol motifs (C(OH)–C–C–N with tert-alkyl or cyclic N) is 1. The van der Waals surface area contributed by atoms with Crippen LogP contribution in [0.5, 0.6) is 0 Å². The highest BCUT2D eigenvalue weighted by atomic mass is 16.4. The van der Waals surface area contributed by atoms with Crippen molar-refractivity contribution >= 4 is 11.9 Å². The lowest BCUT2D eigenvalue weighted by molar-refractivity contribution is -0.155. The number of carbonyl (C=O) groups excluding carboxylic acids is 1. The minimum Gasteiger partial charge on any atom is -0.481 e. The molecule has 1 aliphatic heterocycles. The Morgan fingerprint density at radius 3 is 2.32 bits per heavy atom. The number of carboxylic acids is 1. The van der Waals surface area contributed by atoms with Crippen LogP contribution in [0.1, 0.15) is 46.5 Å². The number of nitrogens with zero attached hydrogens (tertiary/aromatic N) is 1. The van der Waals surface area contributed by atoms with Gasteiger partial charge in [0.15, 0.2) is 0 Å². The third kappa shape index (κ3) is 3.47. The molecule has 1 rings (SSSR count). The Kier molecular flexibility index (Phi) is 5.35. The molecular formula is C14H25NO4. The van der Waals surface area contributed by atoms with Gasteiger partial charge in [-0.3, -0.25) is 9.59 Å². The molecule has 1 heterocycles. The van der Waals surface area contributed by atoms with E-state index in [0.717, 1.165) is 6.42 Å². The molecule has 2 N–H and O–H groups in total. The smallest absolute Gasteiger partial charge is 0.310 e. The standard InChI is InChI=1S/C14H25NO4/c1-4-14(5-2,13(18)19)8-12(17)15-7-6-10(3)11(16)9-15/h10-11,16H,4-9H2,1-3H3,(H,18,19). The van der Waals surface area contributed by atoms with Crippen LogP contribution in [-0.4, -0.2) is 46.2 Å². The number of carbonyl (C=O) groups is 2. The molecule has 110 valence electrons. The van der Waals surface area contributed by atoms with Crippen molar-refractivity contribution in [3.63, 3.8) is 0 Å². The predicted molar refractivity (Wildman–Crippen MR) is 71.6 cm³/mol. The summed E-state index contributed by atoms with van der Waals surface area (Å²) in [7, 11) is 0. The van der Waals surface area contributed by atoms with E-state index in [2.05, 4.69) is 0 Å². The highest BCUT2D eigenvalue weighted by molar-refractivity contribution is 5.85. The maximum absolute atomic E-state index is 12.2. The first-order chi connectivity index (χ1) is 8.86. The number of hydrogen-bond acceptors (Lipinski definition) is 3. The minimum absolute atomic E-state index is 0.0242. The zero-order valence-electron chi connectivity index (χ0n) is 12.1. The Balaban J connectivity index is 2.70. The average molecular weight is 271 g/mol. The van der Waals surface area contributed by atoms with Crippen LogP contribution < -0.4 is 0 Å². The second-order valence-corrected chi connectivity index (χ2v) is 5.64. The van der Waals surface area contributed by atoms with Gasteiger partial charge in [0.1, 0.15) is 0 Å². The summed E-state index contributed by atoms with van der Waals surface area (Å²) in [6, 6.07) is 0. The summed E-state index contributed by atoms with van der Waals surface area (Å²) in [6.07, 6.45) is 1.18. The molecule has 1 amide bonds. The molecule has 1 fully saturated rings. The predicted octanol–water partition coefficient (Wildman–Crippen LogP) is 1.50. The van der Waals surface area contributed by atoms with E-state index in [9.17, 15) is 19.8 Å². The molecule has 19 heavy (non-hydrogen) atoms. The van der Waals surface area contributed by atoms with Gasteiger partial charge in [-0.2, -0.15) is 0 Å². The fourth-order valence-corrected chi connectivity index (χ4v) is 2.55. The summed E-state index contributed by atoms with van der Waals surface area (Å²) >= 11 is 0. The number of aliphatic hydroxyl groups is 1. The molecule has 5 nitrogen and oxygen atoms in total. The quantitative estimate of drug-likeness (QED) is 0.794. The number of carboxylic acid groups (broad SMARTS) is 1. The Hall–Kier alpha value is -1.10. The van der Waals surface area contributed by atoms with Gasteiger partial charge in [0.2, 0.25) is 5.91 Å². The molecule has 0 saturated carbocycles. The van der Waals surface area contributed by atoms with E-state index in [1.165, 1.54) is 0 Å². The van der Waals surface area contributed by atoms with Gasteiger partial charge in [-0.15, -0.1) is 0 Å². The number of rotatable bonds is 5. The molecule has 2 unspecified atom stereocenters. The molecule has 1 aliphatic rings. The Morgan fingerprint density at radius 2 is 1.89 bits per heavy atom. The largest absolute Gasteiger partial charge is 0.481 e. The second-order valence-electron chi connectivity index (χ2n) is 5.64. The van der Waals surface area contributed by atoms with Crippen molar-refractivity contribution in [1.82, 2.24) is 4.90 Å². The molecule has 0 aliphatic carbocycles. The Labute approximate surface area is 114 Å². The molecule has 5 heteroatoms. The maximum atomic E-state index is 12.2. The monoisotopic (exact) mass is 271 g/mol. The normalized spacial score (nSPS) is 24.3. The first kappa shape index (κ1) is 16.0. The Morgan fingerprint density at radius 1 is 1.32 bits per heavy atom. The van der Waals surface area contributed by atoms with Gasteiger partial charge >= 0.3 is 5.97 Å². The maximum Gasteiger partial charge on any atom is 0.310 e. The van der Waals surface area contributed by atoms with E-state index < -0.39 is 17.5 Å². The third-order valence-electron chi connectivity index (χ3n) is 4.57. The molecule has 0 aromatic heterocycles.